The number of halogens is 1. The van der Waals surface area contributed by atoms with Gasteiger partial charge in [-0.25, -0.2) is 4.68 Å². The van der Waals surface area contributed by atoms with Gasteiger partial charge in [0.05, 0.1) is 12.1 Å². The van der Waals surface area contributed by atoms with E-state index in [0.717, 1.165) is 16.7 Å². The van der Waals surface area contributed by atoms with Gasteiger partial charge in [-0.2, -0.15) is 5.10 Å². The zero-order valence-corrected chi connectivity index (χ0v) is 15.8. The summed E-state index contributed by atoms with van der Waals surface area (Å²) in [5.74, 6) is -0.0542. The Bertz CT molecular complexity index is 992. The van der Waals surface area contributed by atoms with Crippen LogP contribution in [0.2, 0.25) is 5.02 Å². The molecule has 0 radical (unpaired) electrons. The third-order valence-electron chi connectivity index (χ3n) is 4.36. The van der Waals surface area contributed by atoms with Gasteiger partial charge in [-0.15, -0.1) is 0 Å². The summed E-state index contributed by atoms with van der Waals surface area (Å²) in [4.78, 5) is 13.1. The van der Waals surface area contributed by atoms with Gasteiger partial charge in [-0.3, -0.25) is 4.79 Å². The van der Waals surface area contributed by atoms with E-state index < -0.39 is 0 Å². The van der Waals surface area contributed by atoms with Crippen molar-refractivity contribution in [1.82, 2.24) is 9.78 Å². The second kappa shape index (κ2) is 7.34. The number of nitrogens with zero attached hydrogens (tertiary/aromatic N) is 2. The Hall–Kier alpha value is -2.59. The lowest BCUT2D eigenvalue weighted by molar-refractivity contribution is 0.447. The number of aromatic hydroxyl groups is 1. The molecule has 5 heteroatoms. The lowest BCUT2D eigenvalue weighted by Gasteiger charge is -2.16. The van der Waals surface area contributed by atoms with Gasteiger partial charge in [0.15, 0.2) is 5.75 Å². The van der Waals surface area contributed by atoms with E-state index in [4.69, 9.17) is 11.6 Å². The van der Waals surface area contributed by atoms with Gasteiger partial charge in [-0.1, -0.05) is 61.8 Å². The first kappa shape index (κ1) is 18.2. The molecule has 26 heavy (non-hydrogen) atoms. The van der Waals surface area contributed by atoms with E-state index in [0.29, 0.717) is 22.8 Å². The van der Waals surface area contributed by atoms with Crippen LogP contribution in [0.15, 0.2) is 53.3 Å². The Labute approximate surface area is 157 Å². The summed E-state index contributed by atoms with van der Waals surface area (Å²) in [5, 5.41) is 15.8. The first-order valence-electron chi connectivity index (χ1n) is 8.53. The van der Waals surface area contributed by atoms with Crippen LogP contribution in [-0.4, -0.2) is 14.9 Å². The minimum atomic E-state index is -0.309. The predicted octanol–water partition coefficient (Wildman–Crippen LogP) is 4.75. The lowest BCUT2D eigenvalue weighted by Crippen LogP contribution is -2.27. The molecule has 0 aliphatic heterocycles. The second-order valence-electron chi connectivity index (χ2n) is 6.67. The predicted molar refractivity (Wildman–Crippen MR) is 105 cm³/mol. The van der Waals surface area contributed by atoms with E-state index in [1.807, 2.05) is 57.2 Å². The molecule has 0 bridgehead atoms. The SMILES string of the molecule is Cc1ccccc1-c1c(O)c(C(C)C)nn(Cc2ccc(Cl)cc2)c1=O. The topological polar surface area (TPSA) is 55.1 Å². The molecule has 0 aliphatic rings. The molecule has 0 spiro atoms. The molecule has 3 aromatic rings. The van der Waals surface area contributed by atoms with Crippen molar-refractivity contribution in [3.05, 3.63) is 80.7 Å². The molecule has 134 valence electrons. The van der Waals surface area contributed by atoms with E-state index >= 15 is 0 Å². The van der Waals surface area contributed by atoms with Crippen molar-refractivity contribution < 1.29 is 5.11 Å². The van der Waals surface area contributed by atoms with Crippen molar-refractivity contribution in [2.75, 3.05) is 0 Å². The molecule has 0 saturated carbocycles. The molecule has 1 N–H and O–H groups in total. The largest absolute Gasteiger partial charge is 0.505 e. The molecule has 0 fully saturated rings. The number of aromatic nitrogens is 2. The molecular formula is C21H21ClN2O2. The fourth-order valence-electron chi connectivity index (χ4n) is 2.94. The summed E-state index contributed by atoms with van der Waals surface area (Å²) in [6.45, 7) is 6.13. The fraction of sp³-hybridized carbons (Fsp3) is 0.238. The van der Waals surface area contributed by atoms with E-state index in [2.05, 4.69) is 5.10 Å². The van der Waals surface area contributed by atoms with Gasteiger partial charge in [0.1, 0.15) is 5.69 Å². The maximum absolute atomic E-state index is 13.1. The molecule has 2 aromatic carbocycles. The standard InChI is InChI=1S/C21H21ClN2O2/c1-13(2)19-20(25)18(17-7-5-4-6-14(17)3)21(26)24(23-19)12-15-8-10-16(22)11-9-15/h4-11,13,25H,12H2,1-3H3. The zero-order chi connectivity index (χ0) is 18.8. The molecular weight excluding hydrogens is 348 g/mol. The van der Waals surface area contributed by atoms with Crippen molar-refractivity contribution in [3.8, 4) is 16.9 Å². The second-order valence-corrected chi connectivity index (χ2v) is 7.10. The number of hydrogen-bond donors (Lipinski definition) is 1. The van der Waals surface area contributed by atoms with Gasteiger partial charge in [0.2, 0.25) is 0 Å². The third kappa shape index (κ3) is 3.51. The number of benzene rings is 2. The summed E-state index contributed by atoms with van der Waals surface area (Å²) in [7, 11) is 0. The number of aryl methyl sites for hydroxylation is 1. The highest BCUT2D eigenvalue weighted by Gasteiger charge is 2.21. The summed E-state index contributed by atoms with van der Waals surface area (Å²) in [5.41, 5.74) is 3.08. The number of rotatable bonds is 4. The van der Waals surface area contributed by atoms with Gasteiger partial charge >= 0.3 is 0 Å². The minimum absolute atomic E-state index is 0.0187. The molecule has 0 amide bonds. The molecule has 0 aliphatic carbocycles. The summed E-state index contributed by atoms with van der Waals surface area (Å²) in [6, 6.07) is 14.8. The average molecular weight is 369 g/mol. The first-order chi connectivity index (χ1) is 12.4. The maximum Gasteiger partial charge on any atom is 0.278 e. The van der Waals surface area contributed by atoms with Crippen LogP contribution >= 0.6 is 11.6 Å². The van der Waals surface area contributed by atoms with E-state index in [1.54, 1.807) is 12.1 Å². The van der Waals surface area contributed by atoms with E-state index in [1.165, 1.54) is 4.68 Å². The normalized spacial score (nSPS) is 11.1. The summed E-state index contributed by atoms with van der Waals surface area (Å²) in [6.07, 6.45) is 0. The van der Waals surface area contributed by atoms with Crippen LogP contribution in [-0.2, 0) is 6.54 Å². The van der Waals surface area contributed by atoms with Crippen molar-refractivity contribution in [2.45, 2.75) is 33.2 Å². The minimum Gasteiger partial charge on any atom is -0.505 e. The van der Waals surface area contributed by atoms with E-state index in [-0.39, 0.29) is 17.2 Å². The highest BCUT2D eigenvalue weighted by atomic mass is 35.5. The summed E-state index contributed by atoms with van der Waals surface area (Å²) < 4.78 is 1.42. The Morgan fingerprint density at radius 1 is 1.12 bits per heavy atom. The molecule has 3 rings (SSSR count). The van der Waals surface area contributed by atoms with Crippen LogP contribution in [0.4, 0.5) is 0 Å². The molecule has 0 atom stereocenters. The van der Waals surface area contributed by atoms with Crippen molar-refractivity contribution in [3.63, 3.8) is 0 Å². The van der Waals surface area contributed by atoms with Crippen LogP contribution in [0.1, 0.15) is 36.6 Å². The van der Waals surface area contributed by atoms with Gasteiger partial charge in [0, 0.05) is 10.9 Å². The monoisotopic (exact) mass is 368 g/mol. The molecule has 0 saturated heterocycles. The Balaban J connectivity index is 2.21. The first-order valence-corrected chi connectivity index (χ1v) is 8.90. The fourth-order valence-corrected chi connectivity index (χ4v) is 3.06. The molecule has 1 aromatic heterocycles. The van der Waals surface area contributed by atoms with Crippen LogP contribution in [0.25, 0.3) is 11.1 Å². The lowest BCUT2D eigenvalue weighted by atomic mass is 9.98. The third-order valence-corrected chi connectivity index (χ3v) is 4.62. The Morgan fingerprint density at radius 2 is 1.77 bits per heavy atom. The highest BCUT2D eigenvalue weighted by Crippen LogP contribution is 2.33. The molecule has 0 unspecified atom stereocenters. The maximum atomic E-state index is 13.1. The van der Waals surface area contributed by atoms with Crippen molar-refractivity contribution in [1.29, 1.82) is 0 Å². The Morgan fingerprint density at radius 3 is 2.38 bits per heavy atom. The van der Waals surface area contributed by atoms with Gasteiger partial charge in [0.25, 0.3) is 5.56 Å². The quantitative estimate of drug-likeness (QED) is 0.723. The summed E-state index contributed by atoms with van der Waals surface area (Å²) >= 11 is 5.94. The van der Waals surface area contributed by atoms with E-state index in [9.17, 15) is 9.90 Å². The molecule has 4 nitrogen and oxygen atoms in total. The average Bonchev–Trinajstić information content (AvgIpc) is 2.60. The van der Waals surface area contributed by atoms with Crippen molar-refractivity contribution in [2.24, 2.45) is 0 Å². The number of hydrogen-bond acceptors (Lipinski definition) is 3. The van der Waals surface area contributed by atoms with Crippen LogP contribution in [0.3, 0.4) is 0 Å². The van der Waals surface area contributed by atoms with Gasteiger partial charge < -0.3 is 5.11 Å². The van der Waals surface area contributed by atoms with Gasteiger partial charge in [-0.05, 0) is 35.7 Å². The van der Waals surface area contributed by atoms with Crippen LogP contribution < -0.4 is 5.56 Å². The van der Waals surface area contributed by atoms with Crippen molar-refractivity contribution >= 4 is 11.6 Å². The smallest absolute Gasteiger partial charge is 0.278 e. The van der Waals surface area contributed by atoms with Crippen LogP contribution in [0.5, 0.6) is 5.75 Å². The Kier molecular flexibility index (Phi) is 5.14. The highest BCUT2D eigenvalue weighted by molar-refractivity contribution is 6.30. The van der Waals surface area contributed by atoms with Crippen LogP contribution in [0, 0.1) is 6.92 Å². The molecule has 1 heterocycles. The zero-order valence-electron chi connectivity index (χ0n) is 15.0.